The molecule has 0 radical (unpaired) electrons. The van der Waals surface area contributed by atoms with Gasteiger partial charge in [-0.3, -0.25) is 24.7 Å². The van der Waals surface area contributed by atoms with Gasteiger partial charge < -0.3 is 0 Å². The summed E-state index contributed by atoms with van der Waals surface area (Å²) in [5.74, 6) is 5.88. The lowest BCUT2D eigenvalue weighted by molar-refractivity contribution is -0.384. The number of nitro groups is 1. The Hall–Kier alpha value is -4.36. The smallest absolute Gasteiger partial charge is 0.269 e. The molecule has 2 aliphatic carbocycles. The van der Waals surface area contributed by atoms with Gasteiger partial charge >= 0.3 is 0 Å². The van der Waals surface area contributed by atoms with E-state index in [0.29, 0.717) is 53.8 Å². The van der Waals surface area contributed by atoms with Crippen molar-refractivity contribution < 1.29 is 14.5 Å². The number of allylic oxidation sites excluding steroid dienone is 4. The van der Waals surface area contributed by atoms with Gasteiger partial charge in [0.15, 0.2) is 11.6 Å². The number of hydrazine groups is 1. The van der Waals surface area contributed by atoms with Gasteiger partial charge in [-0.05, 0) is 41.4 Å². The number of nitro benzene ring substituents is 1. The number of benzene rings is 3. The van der Waals surface area contributed by atoms with E-state index in [0.717, 1.165) is 11.1 Å². The average molecular weight is 506 g/mol. The highest BCUT2D eigenvalue weighted by atomic mass is 16.6. The van der Waals surface area contributed by atoms with Gasteiger partial charge in [-0.1, -0.05) is 72.8 Å². The minimum absolute atomic E-state index is 0.0365. The summed E-state index contributed by atoms with van der Waals surface area (Å²) in [6.45, 7) is 0. The summed E-state index contributed by atoms with van der Waals surface area (Å²) < 4.78 is 0. The van der Waals surface area contributed by atoms with Crippen molar-refractivity contribution in [3.05, 3.63) is 134 Å². The van der Waals surface area contributed by atoms with Gasteiger partial charge in [-0.15, -0.1) is 0 Å². The third-order valence-electron chi connectivity index (χ3n) is 8.08. The maximum atomic E-state index is 13.8. The van der Waals surface area contributed by atoms with E-state index < -0.39 is 10.8 Å². The molecule has 7 heteroatoms. The molecule has 0 saturated carbocycles. The monoisotopic (exact) mass is 505 g/mol. The fraction of sp³-hybridized carbons (Fsp3) is 0.226. The average Bonchev–Trinajstić information content (AvgIpc) is 2.94. The number of ketones is 2. The van der Waals surface area contributed by atoms with Crippen molar-refractivity contribution >= 4 is 17.3 Å². The first-order chi connectivity index (χ1) is 18.4. The van der Waals surface area contributed by atoms with E-state index in [1.807, 2.05) is 60.7 Å². The van der Waals surface area contributed by atoms with Crippen LogP contribution in [0.3, 0.4) is 0 Å². The summed E-state index contributed by atoms with van der Waals surface area (Å²) in [5.41, 5.74) is 5.02. The second kappa shape index (κ2) is 9.50. The number of non-ortho nitro benzene ring substituents is 1. The molecular weight excluding hydrogens is 478 g/mol. The van der Waals surface area contributed by atoms with Crippen molar-refractivity contribution in [3.63, 3.8) is 0 Å². The highest BCUT2D eigenvalue weighted by Gasteiger charge is 2.46. The van der Waals surface area contributed by atoms with E-state index in [1.165, 1.54) is 12.1 Å². The number of Topliss-reactive ketones (excluding diaryl/α,β-unsaturated/α-hetero) is 2. The van der Waals surface area contributed by atoms with E-state index in [4.69, 9.17) is 5.84 Å². The molecule has 2 N–H and O–H groups in total. The second-order valence-corrected chi connectivity index (χ2v) is 10.3. The van der Waals surface area contributed by atoms with Crippen LogP contribution >= 0.6 is 0 Å². The third-order valence-corrected chi connectivity index (χ3v) is 8.08. The van der Waals surface area contributed by atoms with Crippen molar-refractivity contribution in [2.75, 3.05) is 0 Å². The Labute approximate surface area is 220 Å². The fourth-order valence-electron chi connectivity index (χ4n) is 6.31. The number of nitrogens with two attached hydrogens (primary N) is 1. The molecule has 190 valence electrons. The van der Waals surface area contributed by atoms with Gasteiger partial charge in [0.1, 0.15) is 0 Å². The van der Waals surface area contributed by atoms with Crippen molar-refractivity contribution in [2.24, 2.45) is 5.84 Å². The zero-order valence-corrected chi connectivity index (χ0v) is 20.7. The van der Waals surface area contributed by atoms with Gasteiger partial charge in [-0.2, -0.15) is 0 Å². The lowest BCUT2D eigenvalue weighted by Gasteiger charge is -2.44. The number of carbonyl (C=O) groups excluding carboxylic acids is 2. The van der Waals surface area contributed by atoms with Gasteiger partial charge in [0.05, 0.1) is 4.92 Å². The van der Waals surface area contributed by atoms with Crippen molar-refractivity contribution in [2.45, 2.75) is 43.4 Å². The fourth-order valence-corrected chi connectivity index (χ4v) is 6.31. The highest BCUT2D eigenvalue weighted by Crippen LogP contribution is 2.52. The minimum atomic E-state index is -0.673. The molecule has 2 atom stereocenters. The SMILES string of the molecule is NN1C2=C(C(=O)CC(c3ccccc3)C2)C(c2cccc([N+](=O)[O-])c2)C2=C1CC(c1ccccc1)CC2=O. The number of hydrogen-bond acceptors (Lipinski definition) is 6. The van der Waals surface area contributed by atoms with Crippen LogP contribution in [0.4, 0.5) is 5.69 Å². The minimum Gasteiger partial charge on any atom is -0.294 e. The number of hydrogen-bond donors (Lipinski definition) is 1. The molecule has 3 aliphatic rings. The van der Waals surface area contributed by atoms with Crippen LogP contribution in [0, 0.1) is 10.1 Å². The van der Waals surface area contributed by atoms with Crippen LogP contribution in [-0.4, -0.2) is 21.5 Å². The molecule has 0 bridgehead atoms. The molecule has 0 spiro atoms. The molecule has 6 rings (SSSR count). The van der Waals surface area contributed by atoms with Crippen molar-refractivity contribution in [1.82, 2.24) is 5.01 Å². The van der Waals surface area contributed by atoms with Crippen LogP contribution in [0.5, 0.6) is 0 Å². The highest BCUT2D eigenvalue weighted by molar-refractivity contribution is 6.07. The summed E-state index contributed by atoms with van der Waals surface area (Å²) >= 11 is 0. The maximum Gasteiger partial charge on any atom is 0.269 e. The zero-order chi connectivity index (χ0) is 26.4. The van der Waals surface area contributed by atoms with E-state index in [1.54, 1.807) is 17.1 Å². The van der Waals surface area contributed by atoms with Crippen molar-refractivity contribution in [1.29, 1.82) is 0 Å². The first kappa shape index (κ1) is 24.0. The van der Waals surface area contributed by atoms with Gasteiger partial charge in [0.25, 0.3) is 5.69 Å². The standard InChI is InChI=1S/C31H27N3O4/c32-33-25-15-22(19-8-3-1-4-9-19)17-27(35)30(25)29(21-12-7-13-24(14-21)34(37)38)31-26(33)16-23(18-28(31)36)20-10-5-2-6-11-20/h1-14,22-23,29H,15-18,32H2. The van der Waals surface area contributed by atoms with E-state index in [2.05, 4.69) is 0 Å². The summed E-state index contributed by atoms with van der Waals surface area (Å²) in [6.07, 6.45) is 1.69. The van der Waals surface area contributed by atoms with Crippen LogP contribution in [0.15, 0.2) is 107 Å². The number of nitrogens with zero attached hydrogens (tertiary/aromatic N) is 2. The molecule has 0 aromatic heterocycles. The summed E-state index contributed by atoms with van der Waals surface area (Å²) in [4.78, 5) is 38.8. The molecule has 2 unspecified atom stereocenters. The third kappa shape index (κ3) is 4.05. The Kier molecular flexibility index (Phi) is 6.00. The largest absolute Gasteiger partial charge is 0.294 e. The van der Waals surface area contributed by atoms with Crippen LogP contribution in [0.25, 0.3) is 0 Å². The van der Waals surface area contributed by atoms with E-state index in [9.17, 15) is 19.7 Å². The molecule has 38 heavy (non-hydrogen) atoms. The van der Waals surface area contributed by atoms with Gasteiger partial charge in [-0.25, -0.2) is 5.84 Å². The summed E-state index contributed by atoms with van der Waals surface area (Å²) in [5, 5.41) is 13.2. The normalized spacial score (nSPS) is 23.3. The molecule has 7 nitrogen and oxygen atoms in total. The van der Waals surface area contributed by atoms with E-state index in [-0.39, 0.29) is 29.1 Å². The molecule has 0 fully saturated rings. The number of carbonyl (C=O) groups is 2. The molecule has 1 heterocycles. The van der Waals surface area contributed by atoms with Crippen LogP contribution < -0.4 is 5.84 Å². The Bertz CT molecular complexity index is 1420. The van der Waals surface area contributed by atoms with Crippen LogP contribution in [0.1, 0.15) is 60.1 Å². The Balaban J connectivity index is 1.50. The molecule has 0 saturated heterocycles. The van der Waals surface area contributed by atoms with Gasteiger partial charge in [0, 0.05) is 53.4 Å². The Morgan fingerprint density at radius 2 is 1.16 bits per heavy atom. The maximum absolute atomic E-state index is 13.8. The summed E-state index contributed by atoms with van der Waals surface area (Å²) in [6, 6.07) is 26.1. The molecule has 3 aromatic carbocycles. The predicted octanol–water partition coefficient (Wildman–Crippen LogP) is 5.67. The lowest BCUT2D eigenvalue weighted by atomic mass is 9.67. The lowest BCUT2D eigenvalue weighted by Crippen LogP contribution is -2.44. The molecule has 0 amide bonds. The second-order valence-electron chi connectivity index (χ2n) is 10.3. The van der Waals surface area contributed by atoms with Crippen LogP contribution in [0.2, 0.25) is 0 Å². The number of rotatable bonds is 4. The zero-order valence-electron chi connectivity index (χ0n) is 20.7. The molecule has 1 aliphatic heterocycles. The first-order valence-electron chi connectivity index (χ1n) is 12.8. The van der Waals surface area contributed by atoms with E-state index >= 15 is 0 Å². The summed E-state index contributed by atoms with van der Waals surface area (Å²) in [7, 11) is 0. The Morgan fingerprint density at radius 1 is 0.684 bits per heavy atom. The predicted molar refractivity (Wildman–Crippen MR) is 143 cm³/mol. The van der Waals surface area contributed by atoms with Gasteiger partial charge in [0.2, 0.25) is 0 Å². The van der Waals surface area contributed by atoms with Crippen molar-refractivity contribution in [3.8, 4) is 0 Å². The quantitative estimate of drug-likeness (QED) is 0.278. The first-order valence-corrected chi connectivity index (χ1v) is 12.8. The Morgan fingerprint density at radius 3 is 1.63 bits per heavy atom. The topological polar surface area (TPSA) is 107 Å². The van der Waals surface area contributed by atoms with Crippen LogP contribution in [-0.2, 0) is 9.59 Å². The molecular formula is C31H27N3O4. The molecule has 3 aromatic rings.